The average Bonchev–Trinajstić information content (AvgIpc) is 2.83. The summed E-state index contributed by atoms with van der Waals surface area (Å²) in [5.74, 6) is -0.440. The van der Waals surface area contributed by atoms with Crippen LogP contribution in [0.1, 0.15) is 35.1 Å². The van der Waals surface area contributed by atoms with Gasteiger partial charge in [0.15, 0.2) is 5.69 Å². The predicted octanol–water partition coefficient (Wildman–Crippen LogP) is 1.46. The third-order valence-electron chi connectivity index (χ3n) is 2.78. The molecule has 0 amide bonds. The number of esters is 1. The number of aromatic nitrogens is 4. The van der Waals surface area contributed by atoms with E-state index in [0.29, 0.717) is 12.2 Å². The van der Waals surface area contributed by atoms with Gasteiger partial charge in [-0.3, -0.25) is 4.98 Å². The molecule has 2 heterocycles. The maximum Gasteiger partial charge on any atom is 0.360 e. The van der Waals surface area contributed by atoms with Crippen LogP contribution >= 0.6 is 0 Å². The molecule has 0 aliphatic rings. The number of carbonyl (C=O) groups is 1. The monoisotopic (exact) mass is 260 g/mol. The van der Waals surface area contributed by atoms with E-state index in [1.165, 1.54) is 7.11 Å². The molecule has 0 aliphatic heterocycles. The van der Waals surface area contributed by atoms with Crippen molar-refractivity contribution in [1.82, 2.24) is 20.0 Å². The van der Waals surface area contributed by atoms with Crippen LogP contribution in [0.2, 0.25) is 0 Å². The molecule has 6 heteroatoms. The van der Waals surface area contributed by atoms with Crippen molar-refractivity contribution in [2.45, 2.75) is 26.3 Å². The number of carbonyl (C=O) groups excluding carboxylic acids is 1. The average molecular weight is 260 g/mol. The van der Waals surface area contributed by atoms with E-state index in [0.717, 1.165) is 24.1 Å². The van der Waals surface area contributed by atoms with E-state index in [2.05, 4.69) is 15.3 Å². The molecule has 19 heavy (non-hydrogen) atoms. The van der Waals surface area contributed by atoms with Gasteiger partial charge >= 0.3 is 5.97 Å². The lowest BCUT2D eigenvalue weighted by atomic mass is 10.2. The Hall–Kier alpha value is -2.24. The zero-order valence-electron chi connectivity index (χ0n) is 11.0. The van der Waals surface area contributed by atoms with Crippen LogP contribution in [0.3, 0.4) is 0 Å². The molecule has 0 saturated carbocycles. The Balaban J connectivity index is 2.30. The number of rotatable bonds is 5. The van der Waals surface area contributed by atoms with Crippen LogP contribution in [0.4, 0.5) is 0 Å². The van der Waals surface area contributed by atoms with Crippen molar-refractivity contribution in [3.05, 3.63) is 41.5 Å². The zero-order chi connectivity index (χ0) is 13.7. The molecule has 0 fully saturated rings. The minimum Gasteiger partial charge on any atom is -0.464 e. The van der Waals surface area contributed by atoms with E-state index in [4.69, 9.17) is 4.74 Å². The van der Waals surface area contributed by atoms with Gasteiger partial charge in [0.2, 0.25) is 0 Å². The first-order valence-electron chi connectivity index (χ1n) is 6.15. The van der Waals surface area contributed by atoms with Crippen molar-refractivity contribution in [2.24, 2.45) is 0 Å². The molecule has 6 nitrogen and oxygen atoms in total. The molecule has 0 spiro atoms. The highest BCUT2D eigenvalue weighted by Gasteiger charge is 2.19. The maximum absolute atomic E-state index is 11.6. The second-order valence-electron chi connectivity index (χ2n) is 4.14. The zero-order valence-corrected chi connectivity index (χ0v) is 11.0. The Morgan fingerprint density at radius 3 is 2.74 bits per heavy atom. The normalized spacial score (nSPS) is 10.4. The maximum atomic E-state index is 11.6. The summed E-state index contributed by atoms with van der Waals surface area (Å²) in [6, 6.07) is 3.82. The third kappa shape index (κ3) is 2.96. The van der Waals surface area contributed by atoms with E-state index in [-0.39, 0.29) is 0 Å². The van der Waals surface area contributed by atoms with Gasteiger partial charge in [0, 0.05) is 12.4 Å². The minimum absolute atomic E-state index is 0.304. The number of ether oxygens (including phenoxy) is 1. The SMILES string of the molecule is CCCc1c(C(=O)OC)nnn1Cc1ccncc1. The first kappa shape index (κ1) is 13.2. The lowest BCUT2D eigenvalue weighted by Crippen LogP contribution is -2.10. The van der Waals surface area contributed by atoms with Crippen LogP contribution in [-0.4, -0.2) is 33.1 Å². The Kier molecular flexibility index (Phi) is 4.22. The van der Waals surface area contributed by atoms with Gasteiger partial charge in [0.25, 0.3) is 0 Å². The molecule has 0 aromatic carbocycles. The van der Waals surface area contributed by atoms with Crippen molar-refractivity contribution in [3.63, 3.8) is 0 Å². The highest BCUT2D eigenvalue weighted by Crippen LogP contribution is 2.12. The number of hydrogen-bond acceptors (Lipinski definition) is 5. The van der Waals surface area contributed by atoms with Gasteiger partial charge in [0.1, 0.15) is 0 Å². The van der Waals surface area contributed by atoms with Gasteiger partial charge < -0.3 is 4.74 Å². The van der Waals surface area contributed by atoms with Gasteiger partial charge in [-0.2, -0.15) is 0 Å². The summed E-state index contributed by atoms with van der Waals surface area (Å²) >= 11 is 0. The molecule has 0 unspecified atom stereocenters. The Morgan fingerprint density at radius 1 is 1.37 bits per heavy atom. The van der Waals surface area contributed by atoms with Crippen LogP contribution in [0.25, 0.3) is 0 Å². The van der Waals surface area contributed by atoms with Gasteiger partial charge in [-0.25, -0.2) is 9.48 Å². The molecular weight excluding hydrogens is 244 g/mol. The van der Waals surface area contributed by atoms with Crippen molar-refractivity contribution in [1.29, 1.82) is 0 Å². The number of nitrogens with zero attached hydrogens (tertiary/aromatic N) is 4. The quantitative estimate of drug-likeness (QED) is 0.761. The fourth-order valence-electron chi connectivity index (χ4n) is 1.86. The van der Waals surface area contributed by atoms with Crippen LogP contribution in [0.5, 0.6) is 0 Å². The standard InChI is InChI=1S/C13H16N4O2/c1-3-4-11-12(13(18)19-2)15-16-17(11)9-10-5-7-14-8-6-10/h5-8H,3-4,9H2,1-2H3. The number of methoxy groups -OCH3 is 1. The molecule has 100 valence electrons. The van der Waals surface area contributed by atoms with Crippen LogP contribution in [0, 0.1) is 0 Å². The van der Waals surface area contributed by atoms with E-state index >= 15 is 0 Å². The fraction of sp³-hybridized carbons (Fsp3) is 0.385. The van der Waals surface area contributed by atoms with E-state index in [9.17, 15) is 4.79 Å². The van der Waals surface area contributed by atoms with Gasteiger partial charge in [-0.15, -0.1) is 5.10 Å². The van der Waals surface area contributed by atoms with Gasteiger partial charge in [-0.1, -0.05) is 18.6 Å². The molecule has 0 saturated heterocycles. The van der Waals surface area contributed by atoms with E-state index in [1.807, 2.05) is 19.1 Å². The second kappa shape index (κ2) is 6.08. The second-order valence-corrected chi connectivity index (χ2v) is 4.14. The van der Waals surface area contributed by atoms with Crippen LogP contribution in [-0.2, 0) is 17.7 Å². The summed E-state index contributed by atoms with van der Waals surface area (Å²) in [5.41, 5.74) is 2.18. The first-order valence-corrected chi connectivity index (χ1v) is 6.15. The lowest BCUT2D eigenvalue weighted by molar-refractivity contribution is 0.0592. The summed E-state index contributed by atoms with van der Waals surface area (Å²) in [5, 5.41) is 7.97. The molecule has 0 radical (unpaired) electrons. The lowest BCUT2D eigenvalue weighted by Gasteiger charge is -2.06. The highest BCUT2D eigenvalue weighted by molar-refractivity contribution is 5.88. The Labute approximate surface area is 111 Å². The summed E-state index contributed by atoms with van der Waals surface area (Å²) in [4.78, 5) is 15.6. The van der Waals surface area contributed by atoms with Crippen molar-refractivity contribution >= 4 is 5.97 Å². The Bertz CT molecular complexity index is 551. The number of hydrogen-bond donors (Lipinski definition) is 0. The number of pyridine rings is 1. The topological polar surface area (TPSA) is 69.9 Å². The van der Waals surface area contributed by atoms with Crippen molar-refractivity contribution in [2.75, 3.05) is 7.11 Å². The van der Waals surface area contributed by atoms with E-state index < -0.39 is 5.97 Å². The van der Waals surface area contributed by atoms with Crippen LogP contribution < -0.4 is 0 Å². The van der Waals surface area contributed by atoms with Crippen LogP contribution in [0.15, 0.2) is 24.5 Å². The summed E-state index contributed by atoms with van der Waals surface area (Å²) in [7, 11) is 1.35. The summed E-state index contributed by atoms with van der Waals surface area (Å²) < 4.78 is 6.46. The van der Waals surface area contributed by atoms with Crippen molar-refractivity contribution < 1.29 is 9.53 Å². The molecule has 0 aliphatic carbocycles. The smallest absolute Gasteiger partial charge is 0.360 e. The molecule has 2 aromatic rings. The molecule has 2 aromatic heterocycles. The third-order valence-corrected chi connectivity index (χ3v) is 2.78. The molecular formula is C13H16N4O2. The largest absolute Gasteiger partial charge is 0.464 e. The summed E-state index contributed by atoms with van der Waals surface area (Å²) in [6.45, 7) is 2.62. The van der Waals surface area contributed by atoms with Gasteiger partial charge in [0.05, 0.1) is 19.3 Å². The first-order chi connectivity index (χ1) is 9.26. The van der Waals surface area contributed by atoms with E-state index in [1.54, 1.807) is 17.1 Å². The van der Waals surface area contributed by atoms with Crippen molar-refractivity contribution in [3.8, 4) is 0 Å². The highest BCUT2D eigenvalue weighted by atomic mass is 16.5. The Morgan fingerprint density at radius 2 is 2.11 bits per heavy atom. The molecule has 0 bridgehead atoms. The minimum atomic E-state index is -0.440. The molecule has 0 atom stereocenters. The van der Waals surface area contributed by atoms with Gasteiger partial charge in [-0.05, 0) is 24.1 Å². The molecule has 2 rings (SSSR count). The fourth-order valence-corrected chi connectivity index (χ4v) is 1.86. The summed E-state index contributed by atoms with van der Waals surface area (Å²) in [6.07, 6.45) is 5.11. The molecule has 0 N–H and O–H groups in total. The predicted molar refractivity (Wildman–Crippen MR) is 68.7 cm³/mol.